The molecule has 0 heterocycles. The molecule has 0 radical (unpaired) electrons. The van der Waals surface area contributed by atoms with Gasteiger partial charge in [-0.2, -0.15) is 0 Å². The Kier molecular flexibility index (Phi) is 8.04. The molecule has 3 N–H and O–H groups in total. The van der Waals surface area contributed by atoms with Crippen molar-refractivity contribution in [1.82, 2.24) is 0 Å². The Hall–Kier alpha value is -1.95. The minimum absolute atomic E-state index is 0.220. The minimum atomic E-state index is 0.220. The number of nitrogens with two attached hydrogens (primary N) is 1. The monoisotopic (exact) mass is 363 g/mol. The Labute approximate surface area is 157 Å². The quantitative estimate of drug-likeness (QED) is 0.488. The topological polar surface area (TPSA) is 78.1 Å². The lowest BCUT2D eigenvalue weighted by Crippen LogP contribution is -2.28. The van der Waals surface area contributed by atoms with Crippen LogP contribution in [0.2, 0.25) is 0 Å². The van der Waals surface area contributed by atoms with Crippen molar-refractivity contribution in [1.29, 1.82) is 0 Å². The fourth-order valence-electron chi connectivity index (χ4n) is 3.51. The van der Waals surface area contributed by atoms with Crippen LogP contribution in [0, 0.1) is 5.41 Å². The van der Waals surface area contributed by atoms with E-state index in [9.17, 15) is 0 Å². The first kappa shape index (κ1) is 20.4. The zero-order valence-electron chi connectivity index (χ0n) is 16.3. The highest BCUT2D eigenvalue weighted by atomic mass is 16.5. The second kappa shape index (κ2) is 10.3. The molecule has 0 aromatic heterocycles. The molecule has 6 nitrogen and oxygen atoms in total. The molecule has 0 saturated heterocycles. The van der Waals surface area contributed by atoms with Gasteiger partial charge in [0.25, 0.3) is 0 Å². The average Bonchev–Trinajstić information content (AvgIpc) is 3.10. The van der Waals surface area contributed by atoms with Crippen LogP contribution in [-0.4, -0.2) is 39.4 Å². The molecule has 0 spiro atoms. The maximum atomic E-state index is 6.17. The second-order valence-corrected chi connectivity index (χ2v) is 6.80. The Morgan fingerprint density at radius 3 is 2.58 bits per heavy atom. The highest BCUT2D eigenvalue weighted by Gasteiger charge is 2.33. The van der Waals surface area contributed by atoms with Gasteiger partial charge in [0.05, 0.1) is 18.9 Å². The predicted octanol–water partition coefficient (Wildman–Crippen LogP) is 3.81. The first-order chi connectivity index (χ1) is 12.6. The van der Waals surface area contributed by atoms with Crippen molar-refractivity contribution < 1.29 is 14.2 Å². The van der Waals surface area contributed by atoms with Gasteiger partial charge in [0.15, 0.2) is 5.96 Å². The van der Waals surface area contributed by atoms with Gasteiger partial charge >= 0.3 is 0 Å². The van der Waals surface area contributed by atoms with E-state index in [1.54, 1.807) is 7.11 Å². The number of benzene rings is 1. The number of hydrogen-bond donors (Lipinski definition) is 2. The van der Waals surface area contributed by atoms with E-state index >= 15 is 0 Å². The molecule has 0 aliphatic heterocycles. The first-order valence-electron chi connectivity index (χ1n) is 9.58. The number of nitrogens with one attached hydrogen (secondary N) is 1. The standard InChI is InChI=1S/C20H33N3O3/c1-4-25-16-8-9-18(26-5-2)17(14-16)23-19(21)22-15-20(12-13-24-3)10-6-7-11-20/h8-9,14H,4-7,10-13,15H2,1-3H3,(H3,21,22,23). The summed E-state index contributed by atoms with van der Waals surface area (Å²) in [6, 6.07) is 5.68. The lowest BCUT2D eigenvalue weighted by atomic mass is 9.83. The molecule has 1 aliphatic carbocycles. The van der Waals surface area contributed by atoms with Crippen molar-refractivity contribution in [3.05, 3.63) is 18.2 Å². The van der Waals surface area contributed by atoms with E-state index < -0.39 is 0 Å². The number of ether oxygens (including phenoxy) is 3. The number of anilines is 1. The summed E-state index contributed by atoms with van der Waals surface area (Å²) in [5.74, 6) is 1.92. The lowest BCUT2D eigenvalue weighted by Gasteiger charge is -2.27. The summed E-state index contributed by atoms with van der Waals surface area (Å²) < 4.78 is 16.5. The molecule has 2 rings (SSSR count). The first-order valence-corrected chi connectivity index (χ1v) is 9.58. The summed E-state index contributed by atoms with van der Waals surface area (Å²) in [7, 11) is 1.75. The van der Waals surface area contributed by atoms with Crippen molar-refractivity contribution in [3.63, 3.8) is 0 Å². The zero-order chi connectivity index (χ0) is 18.8. The van der Waals surface area contributed by atoms with Gasteiger partial charge in [-0.05, 0) is 50.7 Å². The lowest BCUT2D eigenvalue weighted by molar-refractivity contribution is 0.141. The van der Waals surface area contributed by atoms with Crippen LogP contribution in [0.3, 0.4) is 0 Å². The Morgan fingerprint density at radius 1 is 1.19 bits per heavy atom. The molecule has 0 bridgehead atoms. The maximum absolute atomic E-state index is 6.17. The Morgan fingerprint density at radius 2 is 1.92 bits per heavy atom. The van der Waals surface area contributed by atoms with Crippen LogP contribution in [0.15, 0.2) is 23.2 Å². The van der Waals surface area contributed by atoms with Gasteiger partial charge in [-0.1, -0.05) is 12.8 Å². The van der Waals surface area contributed by atoms with Crippen LogP contribution in [0.1, 0.15) is 46.0 Å². The number of guanidine groups is 1. The second-order valence-electron chi connectivity index (χ2n) is 6.80. The highest BCUT2D eigenvalue weighted by Crippen LogP contribution is 2.41. The van der Waals surface area contributed by atoms with Crippen molar-refractivity contribution >= 4 is 11.6 Å². The molecule has 1 aromatic rings. The Balaban J connectivity index is 2.08. The van der Waals surface area contributed by atoms with Crippen LogP contribution in [0.25, 0.3) is 0 Å². The van der Waals surface area contributed by atoms with Gasteiger partial charge < -0.3 is 25.3 Å². The van der Waals surface area contributed by atoms with E-state index in [1.165, 1.54) is 25.7 Å². The molecule has 0 amide bonds. The van der Waals surface area contributed by atoms with Crippen LogP contribution in [0.4, 0.5) is 5.69 Å². The van der Waals surface area contributed by atoms with Crippen molar-refractivity contribution in [2.24, 2.45) is 16.1 Å². The summed E-state index contributed by atoms with van der Waals surface area (Å²) in [5, 5.41) is 3.18. The highest BCUT2D eigenvalue weighted by molar-refractivity contribution is 5.94. The van der Waals surface area contributed by atoms with Gasteiger partial charge in [0.2, 0.25) is 0 Å². The number of nitrogens with zero attached hydrogens (tertiary/aromatic N) is 1. The van der Waals surface area contributed by atoms with Crippen molar-refractivity contribution in [2.75, 3.05) is 38.8 Å². The largest absolute Gasteiger partial charge is 0.494 e. The Bertz CT molecular complexity index is 584. The molecule has 0 atom stereocenters. The summed E-state index contributed by atoms with van der Waals surface area (Å²) in [5.41, 5.74) is 7.17. The third-order valence-electron chi connectivity index (χ3n) is 4.91. The fourth-order valence-corrected chi connectivity index (χ4v) is 3.51. The van der Waals surface area contributed by atoms with Gasteiger partial charge in [-0.25, -0.2) is 0 Å². The normalized spacial score (nSPS) is 16.5. The maximum Gasteiger partial charge on any atom is 0.193 e. The van der Waals surface area contributed by atoms with Crippen LogP contribution in [0.5, 0.6) is 11.5 Å². The van der Waals surface area contributed by atoms with Crippen LogP contribution >= 0.6 is 0 Å². The van der Waals surface area contributed by atoms with Crippen molar-refractivity contribution in [2.45, 2.75) is 46.0 Å². The third kappa shape index (κ3) is 5.80. The van der Waals surface area contributed by atoms with E-state index in [4.69, 9.17) is 19.9 Å². The number of hydrogen-bond acceptors (Lipinski definition) is 4. The molecule has 1 aliphatic rings. The van der Waals surface area contributed by atoms with Gasteiger partial charge in [0.1, 0.15) is 11.5 Å². The van der Waals surface area contributed by atoms with E-state index in [-0.39, 0.29) is 5.41 Å². The average molecular weight is 364 g/mol. The van der Waals surface area contributed by atoms with E-state index in [0.717, 1.165) is 36.8 Å². The molecular formula is C20H33N3O3. The molecule has 26 heavy (non-hydrogen) atoms. The minimum Gasteiger partial charge on any atom is -0.494 e. The molecule has 1 saturated carbocycles. The molecular weight excluding hydrogens is 330 g/mol. The SMILES string of the molecule is CCOc1ccc(OCC)c(NC(N)=NCC2(CCOC)CCCC2)c1. The van der Waals surface area contributed by atoms with E-state index in [0.29, 0.717) is 19.2 Å². The van der Waals surface area contributed by atoms with Gasteiger partial charge in [-0.15, -0.1) is 0 Å². The predicted molar refractivity (Wildman–Crippen MR) is 106 cm³/mol. The van der Waals surface area contributed by atoms with Gasteiger partial charge in [-0.3, -0.25) is 4.99 Å². The van der Waals surface area contributed by atoms with Gasteiger partial charge in [0, 0.05) is 26.3 Å². The summed E-state index contributed by atoms with van der Waals surface area (Å²) >= 11 is 0. The molecule has 6 heteroatoms. The number of aliphatic imine (C=N–C) groups is 1. The fraction of sp³-hybridized carbons (Fsp3) is 0.650. The smallest absolute Gasteiger partial charge is 0.193 e. The van der Waals surface area contributed by atoms with Crippen LogP contribution < -0.4 is 20.5 Å². The molecule has 0 unspecified atom stereocenters. The van der Waals surface area contributed by atoms with Crippen molar-refractivity contribution in [3.8, 4) is 11.5 Å². The van der Waals surface area contributed by atoms with E-state index in [2.05, 4.69) is 10.3 Å². The zero-order valence-corrected chi connectivity index (χ0v) is 16.3. The third-order valence-corrected chi connectivity index (χ3v) is 4.91. The number of rotatable bonds is 10. The molecule has 146 valence electrons. The van der Waals surface area contributed by atoms with E-state index in [1.807, 2.05) is 32.0 Å². The van der Waals surface area contributed by atoms with Crippen LogP contribution in [-0.2, 0) is 4.74 Å². The summed E-state index contributed by atoms with van der Waals surface area (Å²) in [4.78, 5) is 4.63. The number of methoxy groups -OCH3 is 1. The summed E-state index contributed by atoms with van der Waals surface area (Å²) in [6.07, 6.45) is 5.94. The molecule has 1 fully saturated rings. The molecule has 1 aromatic carbocycles. The summed E-state index contributed by atoms with van der Waals surface area (Å²) in [6.45, 7) is 6.61.